The SMILES string of the molecule is C[C@H](N)c1cccc(OCc2cn3ccsc3n2)c1. The van der Waals surface area contributed by atoms with Crippen molar-refractivity contribution in [2.45, 2.75) is 19.6 Å². The van der Waals surface area contributed by atoms with Crippen molar-refractivity contribution >= 4 is 16.3 Å². The molecule has 2 heterocycles. The zero-order chi connectivity index (χ0) is 13.2. The van der Waals surface area contributed by atoms with E-state index in [-0.39, 0.29) is 6.04 Å². The van der Waals surface area contributed by atoms with Crippen LogP contribution in [0.3, 0.4) is 0 Å². The third kappa shape index (κ3) is 2.62. The van der Waals surface area contributed by atoms with Gasteiger partial charge in [-0.3, -0.25) is 4.40 Å². The molecule has 3 rings (SSSR count). The van der Waals surface area contributed by atoms with E-state index in [1.165, 1.54) is 0 Å². The fourth-order valence-corrected chi connectivity index (χ4v) is 2.61. The second-order valence-electron chi connectivity index (χ2n) is 4.47. The summed E-state index contributed by atoms with van der Waals surface area (Å²) in [5, 5.41) is 2.01. The molecule has 0 unspecified atom stereocenters. The van der Waals surface area contributed by atoms with Crippen LogP contribution in [0.25, 0.3) is 4.96 Å². The van der Waals surface area contributed by atoms with Crippen molar-refractivity contribution in [2.75, 3.05) is 0 Å². The van der Waals surface area contributed by atoms with Gasteiger partial charge >= 0.3 is 0 Å². The molecule has 2 N–H and O–H groups in total. The molecule has 0 spiro atoms. The normalized spacial score (nSPS) is 12.7. The van der Waals surface area contributed by atoms with Gasteiger partial charge in [0, 0.05) is 23.8 Å². The summed E-state index contributed by atoms with van der Waals surface area (Å²) >= 11 is 1.62. The lowest BCUT2D eigenvalue weighted by atomic mass is 10.1. The van der Waals surface area contributed by atoms with Crippen LogP contribution in [-0.4, -0.2) is 9.38 Å². The smallest absolute Gasteiger partial charge is 0.193 e. The van der Waals surface area contributed by atoms with E-state index in [2.05, 4.69) is 4.98 Å². The van der Waals surface area contributed by atoms with Gasteiger partial charge in [0.15, 0.2) is 4.96 Å². The summed E-state index contributed by atoms with van der Waals surface area (Å²) in [6, 6.07) is 7.89. The molecule has 0 radical (unpaired) electrons. The molecule has 0 aliphatic carbocycles. The molecule has 0 fully saturated rings. The van der Waals surface area contributed by atoms with Gasteiger partial charge in [0.2, 0.25) is 0 Å². The monoisotopic (exact) mass is 273 g/mol. The number of imidazole rings is 1. The van der Waals surface area contributed by atoms with Gasteiger partial charge in [-0.15, -0.1) is 11.3 Å². The Morgan fingerprint density at radius 1 is 1.47 bits per heavy atom. The standard InChI is InChI=1S/C14H15N3OS/c1-10(15)11-3-2-4-13(7-11)18-9-12-8-17-5-6-19-14(17)16-12/h2-8,10H,9,15H2,1H3/t10-/m0/s1. The second kappa shape index (κ2) is 5.03. The molecule has 5 heteroatoms. The molecule has 3 aromatic rings. The average molecular weight is 273 g/mol. The fourth-order valence-electron chi connectivity index (χ4n) is 1.89. The summed E-state index contributed by atoms with van der Waals surface area (Å²) in [5.41, 5.74) is 7.86. The number of aromatic nitrogens is 2. The van der Waals surface area contributed by atoms with Gasteiger partial charge in [-0.1, -0.05) is 12.1 Å². The lowest BCUT2D eigenvalue weighted by Gasteiger charge is -2.09. The van der Waals surface area contributed by atoms with Gasteiger partial charge in [0.1, 0.15) is 12.4 Å². The molecule has 0 bridgehead atoms. The summed E-state index contributed by atoms with van der Waals surface area (Å²) in [7, 11) is 0. The molecule has 0 saturated heterocycles. The topological polar surface area (TPSA) is 52.5 Å². The number of nitrogens with two attached hydrogens (primary N) is 1. The number of nitrogens with zero attached hydrogens (tertiary/aromatic N) is 2. The Morgan fingerprint density at radius 2 is 2.37 bits per heavy atom. The highest BCUT2D eigenvalue weighted by Crippen LogP contribution is 2.19. The van der Waals surface area contributed by atoms with E-state index in [0.29, 0.717) is 6.61 Å². The van der Waals surface area contributed by atoms with E-state index in [1.54, 1.807) is 11.3 Å². The Bertz CT molecular complexity index is 658. The quantitative estimate of drug-likeness (QED) is 0.795. The molecule has 98 valence electrons. The van der Waals surface area contributed by atoms with Gasteiger partial charge in [0.05, 0.1) is 5.69 Å². The molecular formula is C14H15N3OS. The van der Waals surface area contributed by atoms with E-state index in [0.717, 1.165) is 22.0 Å². The number of ether oxygens (including phenoxy) is 1. The predicted octanol–water partition coefficient (Wildman–Crippen LogP) is 2.99. The zero-order valence-corrected chi connectivity index (χ0v) is 11.4. The largest absolute Gasteiger partial charge is 0.487 e. The molecule has 0 aliphatic rings. The molecule has 0 saturated carbocycles. The van der Waals surface area contributed by atoms with Crippen LogP contribution in [0.5, 0.6) is 5.75 Å². The minimum Gasteiger partial charge on any atom is -0.487 e. The van der Waals surface area contributed by atoms with E-state index in [4.69, 9.17) is 10.5 Å². The molecular weight excluding hydrogens is 258 g/mol. The van der Waals surface area contributed by atoms with Crippen LogP contribution in [0, 0.1) is 0 Å². The first-order chi connectivity index (χ1) is 9.22. The maximum atomic E-state index is 5.86. The minimum atomic E-state index is 0.0153. The molecule has 0 aliphatic heterocycles. The maximum absolute atomic E-state index is 5.86. The Balaban J connectivity index is 1.71. The predicted molar refractivity (Wildman–Crippen MR) is 76.4 cm³/mol. The zero-order valence-electron chi connectivity index (χ0n) is 10.6. The number of rotatable bonds is 4. The molecule has 19 heavy (non-hydrogen) atoms. The third-order valence-corrected chi connectivity index (χ3v) is 3.68. The Morgan fingerprint density at radius 3 is 3.16 bits per heavy atom. The fraction of sp³-hybridized carbons (Fsp3) is 0.214. The molecule has 0 amide bonds. The molecule has 2 aromatic heterocycles. The Hall–Kier alpha value is -1.85. The summed E-state index contributed by atoms with van der Waals surface area (Å²) in [6.07, 6.45) is 3.98. The van der Waals surface area contributed by atoms with Crippen LogP contribution in [0.4, 0.5) is 0 Å². The molecule has 1 aromatic carbocycles. The number of thiazole rings is 1. The van der Waals surface area contributed by atoms with Crippen molar-refractivity contribution in [1.82, 2.24) is 9.38 Å². The first kappa shape index (κ1) is 12.2. The maximum Gasteiger partial charge on any atom is 0.193 e. The minimum absolute atomic E-state index is 0.0153. The van der Waals surface area contributed by atoms with Crippen LogP contribution >= 0.6 is 11.3 Å². The first-order valence-electron chi connectivity index (χ1n) is 6.12. The van der Waals surface area contributed by atoms with Crippen LogP contribution in [-0.2, 0) is 6.61 Å². The van der Waals surface area contributed by atoms with E-state index >= 15 is 0 Å². The van der Waals surface area contributed by atoms with Crippen LogP contribution in [0.15, 0.2) is 42.0 Å². The summed E-state index contributed by atoms with van der Waals surface area (Å²) in [6.45, 7) is 2.43. The second-order valence-corrected chi connectivity index (χ2v) is 5.35. The lowest BCUT2D eigenvalue weighted by molar-refractivity contribution is 0.301. The highest BCUT2D eigenvalue weighted by atomic mass is 32.1. The number of hydrogen-bond acceptors (Lipinski definition) is 4. The number of benzene rings is 1. The van der Waals surface area contributed by atoms with Crippen LogP contribution < -0.4 is 10.5 Å². The molecule has 4 nitrogen and oxygen atoms in total. The summed E-state index contributed by atoms with van der Waals surface area (Å²) < 4.78 is 7.76. The van der Waals surface area contributed by atoms with Crippen molar-refractivity contribution in [2.24, 2.45) is 5.73 Å². The van der Waals surface area contributed by atoms with Gasteiger partial charge in [-0.05, 0) is 24.6 Å². The Labute approximate surface area is 115 Å². The van der Waals surface area contributed by atoms with Gasteiger partial charge in [0.25, 0.3) is 0 Å². The van der Waals surface area contributed by atoms with Crippen molar-refractivity contribution in [3.05, 3.63) is 53.3 Å². The number of hydrogen-bond donors (Lipinski definition) is 1. The van der Waals surface area contributed by atoms with Crippen LogP contribution in [0.2, 0.25) is 0 Å². The average Bonchev–Trinajstić information content (AvgIpc) is 2.97. The van der Waals surface area contributed by atoms with Crippen molar-refractivity contribution in [1.29, 1.82) is 0 Å². The summed E-state index contributed by atoms with van der Waals surface area (Å²) in [4.78, 5) is 5.47. The summed E-state index contributed by atoms with van der Waals surface area (Å²) in [5.74, 6) is 0.825. The Kier molecular flexibility index (Phi) is 3.23. The number of fused-ring (bicyclic) bond motifs is 1. The van der Waals surface area contributed by atoms with E-state index in [9.17, 15) is 0 Å². The van der Waals surface area contributed by atoms with E-state index < -0.39 is 0 Å². The van der Waals surface area contributed by atoms with Crippen molar-refractivity contribution in [3.8, 4) is 5.75 Å². The van der Waals surface area contributed by atoms with Crippen molar-refractivity contribution < 1.29 is 4.74 Å². The lowest BCUT2D eigenvalue weighted by Crippen LogP contribution is -2.05. The van der Waals surface area contributed by atoms with Gasteiger partial charge in [-0.25, -0.2) is 4.98 Å². The van der Waals surface area contributed by atoms with Crippen molar-refractivity contribution in [3.63, 3.8) is 0 Å². The third-order valence-electron chi connectivity index (χ3n) is 2.91. The molecule has 1 atom stereocenters. The van der Waals surface area contributed by atoms with E-state index in [1.807, 2.05) is 53.4 Å². The highest BCUT2D eigenvalue weighted by Gasteiger charge is 2.05. The van der Waals surface area contributed by atoms with Crippen LogP contribution in [0.1, 0.15) is 24.2 Å². The van der Waals surface area contributed by atoms with Gasteiger partial charge < -0.3 is 10.5 Å². The first-order valence-corrected chi connectivity index (χ1v) is 7.00. The van der Waals surface area contributed by atoms with Gasteiger partial charge in [-0.2, -0.15) is 0 Å². The highest BCUT2D eigenvalue weighted by molar-refractivity contribution is 7.15.